The summed E-state index contributed by atoms with van der Waals surface area (Å²) in [5, 5.41) is 11.5. The predicted octanol–water partition coefficient (Wildman–Crippen LogP) is 1.13. The van der Waals surface area contributed by atoms with Gasteiger partial charge in [0.1, 0.15) is 12.2 Å². The molecule has 0 spiro atoms. The van der Waals surface area contributed by atoms with Gasteiger partial charge >= 0.3 is 5.97 Å². The third-order valence-electron chi connectivity index (χ3n) is 2.47. The lowest BCUT2D eigenvalue weighted by molar-refractivity contribution is -0.150. The molecule has 2 rings (SSSR count). The normalized spacial score (nSPS) is 18.2. The molecule has 0 amide bonds. The second-order valence-electron chi connectivity index (χ2n) is 4.26. The highest BCUT2D eigenvalue weighted by atomic mass is 32.1. The number of hydrogen-bond donors (Lipinski definition) is 1. The fourth-order valence-electron chi connectivity index (χ4n) is 1.71. The summed E-state index contributed by atoms with van der Waals surface area (Å²) in [5.74, 6) is -0.926. The largest absolute Gasteiger partial charge is 0.480 e. The van der Waals surface area contributed by atoms with Gasteiger partial charge in [-0.05, 0) is 13.8 Å². The molecular weight excluding hydrogens is 228 g/mol. The number of carboxylic acids is 1. The van der Waals surface area contributed by atoms with Crippen molar-refractivity contribution in [2.24, 2.45) is 0 Å². The van der Waals surface area contributed by atoms with Crippen molar-refractivity contribution in [3.8, 4) is 0 Å². The van der Waals surface area contributed by atoms with Gasteiger partial charge in [-0.15, -0.1) is 11.3 Å². The Morgan fingerprint density at radius 2 is 2.44 bits per heavy atom. The summed E-state index contributed by atoms with van der Waals surface area (Å²) in [6.45, 7) is 5.05. The van der Waals surface area contributed by atoms with E-state index in [1.54, 1.807) is 11.3 Å². The first-order valence-corrected chi connectivity index (χ1v) is 5.89. The molecule has 0 bridgehead atoms. The smallest absolute Gasteiger partial charge is 0.329 e. The Bertz CT molecular complexity index is 399. The van der Waals surface area contributed by atoms with Crippen LogP contribution in [0.1, 0.15) is 12.6 Å². The van der Waals surface area contributed by atoms with Crippen LogP contribution in [0.2, 0.25) is 0 Å². The molecule has 2 heterocycles. The van der Waals surface area contributed by atoms with E-state index in [0.29, 0.717) is 13.1 Å². The lowest BCUT2D eigenvalue weighted by atomic mass is 9.97. The fraction of sp³-hybridized carbons (Fsp3) is 0.600. The van der Waals surface area contributed by atoms with E-state index < -0.39 is 5.97 Å². The van der Waals surface area contributed by atoms with E-state index in [-0.39, 0.29) is 12.2 Å². The number of rotatable bonds is 4. The van der Waals surface area contributed by atoms with Gasteiger partial charge in [0.15, 0.2) is 5.13 Å². The van der Waals surface area contributed by atoms with Crippen LogP contribution in [-0.4, -0.2) is 41.4 Å². The molecule has 1 aliphatic heterocycles. The van der Waals surface area contributed by atoms with Crippen molar-refractivity contribution in [2.75, 3.05) is 24.6 Å². The topological polar surface area (TPSA) is 62.7 Å². The molecule has 0 radical (unpaired) electrons. The number of nitrogens with zero attached hydrogens (tertiary/aromatic N) is 2. The maximum Gasteiger partial charge on any atom is 0.329 e. The molecule has 16 heavy (non-hydrogen) atoms. The first-order chi connectivity index (χ1) is 7.48. The highest BCUT2D eigenvalue weighted by Crippen LogP contribution is 2.32. The highest BCUT2D eigenvalue weighted by Gasteiger charge is 2.41. The Labute approximate surface area is 97.7 Å². The molecule has 0 atom stereocenters. The van der Waals surface area contributed by atoms with Crippen LogP contribution in [-0.2, 0) is 9.53 Å². The molecule has 0 aromatic carbocycles. The van der Waals surface area contributed by atoms with Crippen LogP contribution in [0.15, 0.2) is 5.38 Å². The van der Waals surface area contributed by atoms with E-state index in [0.717, 1.165) is 10.8 Å². The Morgan fingerprint density at radius 3 is 2.94 bits per heavy atom. The molecule has 1 aromatic heterocycles. The van der Waals surface area contributed by atoms with E-state index in [4.69, 9.17) is 9.84 Å². The number of aryl methyl sites for hydroxylation is 1. The van der Waals surface area contributed by atoms with Gasteiger partial charge < -0.3 is 14.7 Å². The molecule has 5 nitrogen and oxygen atoms in total. The van der Waals surface area contributed by atoms with Gasteiger partial charge in [-0.1, -0.05) is 0 Å². The zero-order valence-corrected chi connectivity index (χ0v) is 10.1. The monoisotopic (exact) mass is 242 g/mol. The average molecular weight is 242 g/mol. The zero-order chi connectivity index (χ0) is 11.8. The molecule has 1 N–H and O–H groups in total. The van der Waals surface area contributed by atoms with Crippen molar-refractivity contribution < 1.29 is 14.6 Å². The summed E-state index contributed by atoms with van der Waals surface area (Å²) in [7, 11) is 0. The summed E-state index contributed by atoms with van der Waals surface area (Å²) in [6, 6.07) is 0. The summed E-state index contributed by atoms with van der Waals surface area (Å²) in [4.78, 5) is 16.9. The number of aliphatic carboxylic acids is 1. The molecule has 1 aromatic rings. The van der Waals surface area contributed by atoms with E-state index >= 15 is 0 Å². The van der Waals surface area contributed by atoms with Crippen LogP contribution in [0.4, 0.5) is 5.13 Å². The molecule has 0 aliphatic carbocycles. The average Bonchev–Trinajstić information content (AvgIpc) is 2.57. The van der Waals surface area contributed by atoms with Gasteiger partial charge in [0, 0.05) is 5.38 Å². The lowest BCUT2D eigenvalue weighted by Crippen LogP contribution is -2.62. The maximum absolute atomic E-state index is 10.4. The van der Waals surface area contributed by atoms with E-state index in [1.807, 2.05) is 19.2 Å². The van der Waals surface area contributed by atoms with Crippen molar-refractivity contribution in [2.45, 2.75) is 19.4 Å². The number of carbonyl (C=O) groups is 1. The fourth-order valence-corrected chi connectivity index (χ4v) is 2.51. The summed E-state index contributed by atoms with van der Waals surface area (Å²) in [5.41, 5.74) is 0.665. The molecule has 1 aliphatic rings. The van der Waals surface area contributed by atoms with Crippen molar-refractivity contribution in [1.29, 1.82) is 0 Å². The second kappa shape index (κ2) is 4.03. The van der Waals surface area contributed by atoms with E-state index in [1.165, 1.54) is 0 Å². The number of anilines is 1. The van der Waals surface area contributed by atoms with Crippen LogP contribution in [0.5, 0.6) is 0 Å². The molecule has 1 saturated heterocycles. The van der Waals surface area contributed by atoms with Gasteiger partial charge in [-0.3, -0.25) is 0 Å². The Balaban J connectivity index is 1.86. The van der Waals surface area contributed by atoms with Crippen molar-refractivity contribution >= 4 is 22.4 Å². The van der Waals surface area contributed by atoms with Gasteiger partial charge in [-0.25, -0.2) is 9.78 Å². The highest BCUT2D eigenvalue weighted by molar-refractivity contribution is 7.13. The van der Waals surface area contributed by atoms with Crippen LogP contribution >= 0.6 is 11.3 Å². The molecule has 88 valence electrons. The van der Waals surface area contributed by atoms with Gasteiger partial charge in [0.05, 0.1) is 18.8 Å². The molecule has 1 fully saturated rings. The van der Waals surface area contributed by atoms with E-state index in [9.17, 15) is 4.79 Å². The quantitative estimate of drug-likeness (QED) is 0.857. The van der Waals surface area contributed by atoms with Crippen LogP contribution < -0.4 is 4.90 Å². The number of hydrogen-bond acceptors (Lipinski definition) is 5. The van der Waals surface area contributed by atoms with Crippen molar-refractivity contribution in [3.05, 3.63) is 11.1 Å². The van der Waals surface area contributed by atoms with Crippen molar-refractivity contribution in [3.63, 3.8) is 0 Å². The summed E-state index contributed by atoms with van der Waals surface area (Å²) < 4.78 is 5.32. The Kier molecular flexibility index (Phi) is 2.86. The second-order valence-corrected chi connectivity index (χ2v) is 5.10. The lowest BCUT2D eigenvalue weighted by Gasteiger charge is -2.47. The third kappa shape index (κ3) is 2.33. The van der Waals surface area contributed by atoms with Crippen molar-refractivity contribution in [1.82, 2.24) is 4.98 Å². The Hall–Kier alpha value is -1.14. The molecule has 0 unspecified atom stereocenters. The van der Waals surface area contributed by atoms with Crippen LogP contribution in [0.3, 0.4) is 0 Å². The molecular formula is C10H14N2O3S. The van der Waals surface area contributed by atoms with Crippen LogP contribution in [0.25, 0.3) is 0 Å². The number of thiazole rings is 1. The summed E-state index contributed by atoms with van der Waals surface area (Å²) >= 11 is 1.60. The molecule has 0 saturated carbocycles. The molecule has 6 heteroatoms. The predicted molar refractivity (Wildman–Crippen MR) is 61.1 cm³/mol. The van der Waals surface area contributed by atoms with Gasteiger partial charge in [0.2, 0.25) is 0 Å². The van der Waals surface area contributed by atoms with E-state index in [2.05, 4.69) is 9.88 Å². The third-order valence-corrected chi connectivity index (χ3v) is 3.49. The standard InChI is InChI=1S/C10H14N2O3S/c1-7-4-16-9(11-7)12-5-10(2,6-12)15-3-8(13)14/h4H,3,5-6H2,1-2H3,(H,13,14). The minimum atomic E-state index is -0.926. The minimum Gasteiger partial charge on any atom is -0.480 e. The van der Waals surface area contributed by atoms with Gasteiger partial charge in [0.25, 0.3) is 0 Å². The minimum absolute atomic E-state index is 0.235. The first kappa shape index (κ1) is 11.3. The Morgan fingerprint density at radius 1 is 1.75 bits per heavy atom. The number of aromatic nitrogens is 1. The number of carboxylic acid groups (broad SMARTS) is 1. The van der Waals surface area contributed by atoms with Gasteiger partial charge in [-0.2, -0.15) is 0 Å². The maximum atomic E-state index is 10.4. The number of ether oxygens (including phenoxy) is 1. The zero-order valence-electron chi connectivity index (χ0n) is 9.27. The summed E-state index contributed by atoms with van der Waals surface area (Å²) in [6.07, 6.45) is 0. The van der Waals surface area contributed by atoms with Crippen LogP contribution in [0, 0.1) is 6.92 Å². The first-order valence-electron chi connectivity index (χ1n) is 5.01. The SMILES string of the molecule is Cc1csc(N2CC(C)(OCC(=O)O)C2)n1.